The number of para-hydroxylation sites is 1. The second kappa shape index (κ2) is 4.04. The van der Waals surface area contributed by atoms with Crippen molar-refractivity contribution in [3.05, 3.63) is 33.9 Å². The smallest absolute Gasteiger partial charge is 0.304 e. The maximum Gasteiger partial charge on any atom is 0.304 e. The lowest BCUT2D eigenvalue weighted by Gasteiger charge is -2.16. The standard InChI is InChI=1S/C11H13N3O3/c1-13(7-5-6-7)11(15)8-3-2-4-9(12)10(8)14(16)17/h2-4,7H,5-6,12H2,1H3. The molecule has 2 rings (SSSR count). The predicted molar refractivity (Wildman–Crippen MR) is 62.6 cm³/mol. The first-order valence-electron chi connectivity index (χ1n) is 5.32. The molecule has 1 aliphatic rings. The van der Waals surface area contributed by atoms with Crippen LogP contribution in [0.3, 0.4) is 0 Å². The molecule has 0 saturated heterocycles. The maximum absolute atomic E-state index is 12.1. The van der Waals surface area contributed by atoms with Gasteiger partial charge in [-0.3, -0.25) is 14.9 Å². The molecule has 1 fully saturated rings. The van der Waals surface area contributed by atoms with Crippen LogP contribution in [0.2, 0.25) is 0 Å². The molecule has 0 heterocycles. The Morgan fingerprint density at radius 2 is 2.18 bits per heavy atom. The summed E-state index contributed by atoms with van der Waals surface area (Å²) in [6.07, 6.45) is 1.91. The van der Waals surface area contributed by atoms with Gasteiger partial charge in [0.25, 0.3) is 5.91 Å². The topological polar surface area (TPSA) is 89.5 Å². The van der Waals surface area contributed by atoms with Crippen molar-refractivity contribution in [2.45, 2.75) is 18.9 Å². The zero-order chi connectivity index (χ0) is 12.6. The van der Waals surface area contributed by atoms with E-state index in [9.17, 15) is 14.9 Å². The first-order valence-corrected chi connectivity index (χ1v) is 5.32. The number of carbonyl (C=O) groups is 1. The molecule has 0 aliphatic heterocycles. The molecule has 0 bridgehead atoms. The first kappa shape index (κ1) is 11.4. The normalized spacial score (nSPS) is 14.4. The maximum atomic E-state index is 12.1. The molecule has 1 aromatic rings. The SMILES string of the molecule is CN(C(=O)c1cccc(N)c1[N+](=O)[O-])C1CC1. The van der Waals surface area contributed by atoms with E-state index in [-0.39, 0.29) is 28.9 Å². The van der Waals surface area contributed by atoms with Gasteiger partial charge in [0, 0.05) is 13.1 Å². The van der Waals surface area contributed by atoms with Crippen molar-refractivity contribution in [2.24, 2.45) is 0 Å². The summed E-state index contributed by atoms with van der Waals surface area (Å²) >= 11 is 0. The van der Waals surface area contributed by atoms with Gasteiger partial charge in [-0.1, -0.05) is 6.07 Å². The van der Waals surface area contributed by atoms with Gasteiger partial charge in [0.1, 0.15) is 11.3 Å². The fourth-order valence-electron chi connectivity index (χ4n) is 1.76. The third-order valence-corrected chi connectivity index (χ3v) is 2.90. The van der Waals surface area contributed by atoms with Gasteiger partial charge in [0.05, 0.1) is 4.92 Å². The number of benzene rings is 1. The van der Waals surface area contributed by atoms with E-state index >= 15 is 0 Å². The Hall–Kier alpha value is -2.11. The monoisotopic (exact) mass is 235 g/mol. The van der Waals surface area contributed by atoms with Crippen LogP contribution in [0.5, 0.6) is 0 Å². The van der Waals surface area contributed by atoms with Crippen LogP contribution >= 0.6 is 0 Å². The number of amides is 1. The summed E-state index contributed by atoms with van der Waals surface area (Å²) in [6.45, 7) is 0. The summed E-state index contributed by atoms with van der Waals surface area (Å²) in [5.41, 5.74) is 5.32. The molecule has 0 unspecified atom stereocenters. The second-order valence-corrected chi connectivity index (χ2v) is 4.15. The van der Waals surface area contributed by atoms with E-state index in [2.05, 4.69) is 0 Å². The molecular weight excluding hydrogens is 222 g/mol. The second-order valence-electron chi connectivity index (χ2n) is 4.15. The van der Waals surface area contributed by atoms with Crippen LogP contribution in [0, 0.1) is 10.1 Å². The van der Waals surface area contributed by atoms with Crippen LogP contribution in [-0.2, 0) is 0 Å². The summed E-state index contributed by atoms with van der Waals surface area (Å²) in [7, 11) is 1.66. The number of nitrogens with zero attached hydrogens (tertiary/aromatic N) is 2. The summed E-state index contributed by atoms with van der Waals surface area (Å²) in [6, 6.07) is 4.63. The lowest BCUT2D eigenvalue weighted by atomic mass is 10.1. The van der Waals surface area contributed by atoms with E-state index in [1.807, 2.05) is 0 Å². The van der Waals surface area contributed by atoms with E-state index in [0.29, 0.717) is 0 Å². The quantitative estimate of drug-likeness (QED) is 0.487. The van der Waals surface area contributed by atoms with Gasteiger partial charge in [-0.2, -0.15) is 0 Å². The summed E-state index contributed by atoms with van der Waals surface area (Å²) in [4.78, 5) is 23.9. The van der Waals surface area contributed by atoms with E-state index in [0.717, 1.165) is 12.8 Å². The minimum atomic E-state index is -0.608. The van der Waals surface area contributed by atoms with Crippen molar-refractivity contribution in [1.82, 2.24) is 4.90 Å². The van der Waals surface area contributed by atoms with Gasteiger partial charge < -0.3 is 10.6 Å². The number of rotatable bonds is 3. The molecule has 0 radical (unpaired) electrons. The molecule has 0 spiro atoms. The third-order valence-electron chi connectivity index (χ3n) is 2.90. The first-order chi connectivity index (χ1) is 8.02. The van der Waals surface area contributed by atoms with Gasteiger partial charge in [-0.15, -0.1) is 0 Å². The fourth-order valence-corrected chi connectivity index (χ4v) is 1.76. The summed E-state index contributed by atoms with van der Waals surface area (Å²) in [5, 5.41) is 10.9. The number of nitrogens with two attached hydrogens (primary N) is 1. The van der Waals surface area contributed by atoms with Crippen LogP contribution in [0.15, 0.2) is 18.2 Å². The van der Waals surface area contributed by atoms with Crippen LogP contribution in [0.25, 0.3) is 0 Å². The zero-order valence-electron chi connectivity index (χ0n) is 9.42. The number of anilines is 1. The number of nitrogen functional groups attached to an aromatic ring is 1. The third kappa shape index (κ3) is 2.06. The number of hydrogen-bond acceptors (Lipinski definition) is 4. The van der Waals surface area contributed by atoms with E-state index in [1.165, 1.54) is 12.1 Å². The van der Waals surface area contributed by atoms with Gasteiger partial charge >= 0.3 is 5.69 Å². The average molecular weight is 235 g/mol. The highest BCUT2D eigenvalue weighted by Gasteiger charge is 2.33. The number of nitro benzene ring substituents is 1. The van der Waals surface area contributed by atoms with Gasteiger partial charge in [-0.25, -0.2) is 0 Å². The van der Waals surface area contributed by atoms with Gasteiger partial charge in [-0.05, 0) is 25.0 Å². The molecule has 6 nitrogen and oxygen atoms in total. The lowest BCUT2D eigenvalue weighted by Crippen LogP contribution is -2.29. The molecule has 17 heavy (non-hydrogen) atoms. The molecule has 1 saturated carbocycles. The average Bonchev–Trinajstić information content (AvgIpc) is 3.10. The Bertz CT molecular complexity index is 483. The Morgan fingerprint density at radius 1 is 1.53 bits per heavy atom. The largest absolute Gasteiger partial charge is 0.393 e. The van der Waals surface area contributed by atoms with E-state index in [4.69, 9.17) is 5.73 Å². The molecule has 0 atom stereocenters. The van der Waals surface area contributed by atoms with Crippen molar-refractivity contribution in [2.75, 3.05) is 12.8 Å². The molecule has 1 amide bonds. The van der Waals surface area contributed by atoms with E-state index < -0.39 is 4.92 Å². The highest BCUT2D eigenvalue weighted by Crippen LogP contribution is 2.31. The Balaban J connectivity index is 2.40. The van der Waals surface area contributed by atoms with Crippen molar-refractivity contribution < 1.29 is 9.72 Å². The predicted octanol–water partition coefficient (Wildman–Crippen LogP) is 1.41. The highest BCUT2D eigenvalue weighted by molar-refractivity contribution is 6.00. The molecule has 6 heteroatoms. The molecule has 90 valence electrons. The van der Waals surface area contributed by atoms with Crippen LogP contribution in [0.4, 0.5) is 11.4 Å². The zero-order valence-corrected chi connectivity index (χ0v) is 9.42. The summed E-state index contributed by atoms with van der Waals surface area (Å²) < 4.78 is 0. The Labute approximate surface area is 98.2 Å². The van der Waals surface area contributed by atoms with E-state index in [1.54, 1.807) is 18.0 Å². The minimum Gasteiger partial charge on any atom is -0.393 e. The lowest BCUT2D eigenvalue weighted by molar-refractivity contribution is -0.384. The number of hydrogen-bond donors (Lipinski definition) is 1. The molecule has 2 N–H and O–H groups in total. The molecule has 1 aliphatic carbocycles. The van der Waals surface area contributed by atoms with Crippen LogP contribution in [-0.4, -0.2) is 28.8 Å². The van der Waals surface area contributed by atoms with Gasteiger partial charge in [0.15, 0.2) is 0 Å². The van der Waals surface area contributed by atoms with Crippen LogP contribution < -0.4 is 5.73 Å². The minimum absolute atomic E-state index is 0.0186. The summed E-state index contributed by atoms with van der Waals surface area (Å²) in [5.74, 6) is -0.341. The van der Waals surface area contributed by atoms with Crippen molar-refractivity contribution in [1.29, 1.82) is 0 Å². The molecule has 0 aromatic heterocycles. The molecule has 1 aromatic carbocycles. The van der Waals surface area contributed by atoms with Crippen molar-refractivity contribution in [3.8, 4) is 0 Å². The number of carbonyl (C=O) groups excluding carboxylic acids is 1. The number of nitro groups is 1. The van der Waals surface area contributed by atoms with Crippen LogP contribution in [0.1, 0.15) is 23.2 Å². The Morgan fingerprint density at radius 3 is 2.71 bits per heavy atom. The van der Waals surface area contributed by atoms with Crippen molar-refractivity contribution in [3.63, 3.8) is 0 Å². The van der Waals surface area contributed by atoms with Gasteiger partial charge in [0.2, 0.25) is 0 Å². The van der Waals surface area contributed by atoms with Crippen molar-refractivity contribution >= 4 is 17.3 Å². The molecular formula is C11H13N3O3. The highest BCUT2D eigenvalue weighted by atomic mass is 16.6. The fraction of sp³-hybridized carbons (Fsp3) is 0.364. The Kier molecular flexibility index (Phi) is 2.71.